The Kier molecular flexibility index (Phi) is 3.49. The summed E-state index contributed by atoms with van der Waals surface area (Å²) in [6, 6.07) is 6.88. The van der Waals surface area contributed by atoms with Gasteiger partial charge in [-0.3, -0.25) is 0 Å². The Morgan fingerprint density at radius 1 is 1.15 bits per heavy atom. The van der Waals surface area contributed by atoms with Crippen LogP contribution in [0.15, 0.2) is 48.3 Å². The lowest BCUT2D eigenvalue weighted by Crippen LogP contribution is -2.41. The summed E-state index contributed by atoms with van der Waals surface area (Å²) in [5, 5.41) is 0. The molecule has 106 valence electrons. The van der Waals surface area contributed by atoms with Crippen LogP contribution in [0.3, 0.4) is 0 Å². The zero-order valence-corrected chi connectivity index (χ0v) is 11.8. The van der Waals surface area contributed by atoms with E-state index in [-0.39, 0.29) is 23.0 Å². The number of halogens is 2. The van der Waals surface area contributed by atoms with E-state index in [0.29, 0.717) is 5.92 Å². The summed E-state index contributed by atoms with van der Waals surface area (Å²) in [6.45, 7) is 2.25. The van der Waals surface area contributed by atoms with Crippen LogP contribution in [-0.2, 0) is 5.41 Å². The van der Waals surface area contributed by atoms with Gasteiger partial charge in [0.15, 0.2) is 0 Å². The van der Waals surface area contributed by atoms with E-state index in [1.165, 1.54) is 17.7 Å². The summed E-state index contributed by atoms with van der Waals surface area (Å²) in [4.78, 5) is 0. The maximum absolute atomic E-state index is 13.4. The highest BCUT2D eigenvalue weighted by atomic mass is 19.1. The van der Waals surface area contributed by atoms with E-state index in [1.807, 2.05) is 18.2 Å². The van der Waals surface area contributed by atoms with Crippen LogP contribution in [-0.4, -0.2) is 0 Å². The molecule has 0 aliphatic heterocycles. The molecule has 1 saturated carbocycles. The number of hydrogen-bond donors (Lipinski definition) is 0. The third-order valence-electron chi connectivity index (χ3n) is 4.70. The second kappa shape index (κ2) is 5.16. The Labute approximate surface area is 119 Å². The average Bonchev–Trinajstić information content (AvgIpc) is 2.37. The maximum atomic E-state index is 13.4. The van der Waals surface area contributed by atoms with Gasteiger partial charge in [0.25, 0.3) is 0 Å². The van der Waals surface area contributed by atoms with Crippen LogP contribution in [0.1, 0.15) is 38.2 Å². The van der Waals surface area contributed by atoms with Gasteiger partial charge in [0.05, 0.1) is 0 Å². The van der Waals surface area contributed by atoms with E-state index < -0.39 is 0 Å². The van der Waals surface area contributed by atoms with Gasteiger partial charge in [0, 0.05) is 0 Å². The van der Waals surface area contributed by atoms with Gasteiger partial charge in [0.1, 0.15) is 11.6 Å². The molecule has 0 heterocycles. The lowest BCUT2D eigenvalue weighted by atomic mass is 9.55. The Bertz CT molecular complexity index is 533. The molecule has 3 rings (SSSR count). The van der Waals surface area contributed by atoms with E-state index in [1.54, 1.807) is 12.2 Å². The van der Waals surface area contributed by atoms with Gasteiger partial charge in [-0.15, -0.1) is 0 Å². The molecular formula is C18H20F2. The van der Waals surface area contributed by atoms with Gasteiger partial charge in [-0.25, -0.2) is 8.78 Å². The molecule has 2 heteroatoms. The van der Waals surface area contributed by atoms with Crippen molar-refractivity contribution in [3.05, 3.63) is 59.7 Å². The minimum atomic E-state index is -0.192. The topological polar surface area (TPSA) is 0 Å². The molecule has 20 heavy (non-hydrogen) atoms. The fourth-order valence-corrected chi connectivity index (χ4v) is 3.95. The largest absolute Gasteiger partial charge is 0.207 e. The van der Waals surface area contributed by atoms with Crippen molar-refractivity contribution >= 4 is 0 Å². The molecule has 0 aromatic heterocycles. The summed E-state index contributed by atoms with van der Waals surface area (Å²) < 4.78 is 26.5. The molecule has 2 aliphatic rings. The molecule has 1 aromatic carbocycles. The SMILES string of the molecule is CC1CC(CC2C=C(F)C=CC2)(c2ccc(F)cc2)C1. The molecule has 1 unspecified atom stereocenters. The number of allylic oxidation sites excluding steroid dienone is 4. The average molecular weight is 274 g/mol. The molecule has 0 spiro atoms. The Morgan fingerprint density at radius 2 is 1.85 bits per heavy atom. The van der Waals surface area contributed by atoms with Crippen LogP contribution in [0.4, 0.5) is 8.78 Å². The van der Waals surface area contributed by atoms with Crippen LogP contribution < -0.4 is 0 Å². The molecule has 0 N–H and O–H groups in total. The van der Waals surface area contributed by atoms with E-state index in [4.69, 9.17) is 0 Å². The monoisotopic (exact) mass is 274 g/mol. The zero-order valence-electron chi connectivity index (χ0n) is 11.8. The van der Waals surface area contributed by atoms with Gasteiger partial charge in [-0.2, -0.15) is 0 Å². The fraction of sp³-hybridized carbons (Fsp3) is 0.444. The Balaban J connectivity index is 1.82. The lowest BCUT2D eigenvalue weighted by molar-refractivity contribution is 0.129. The molecule has 0 bridgehead atoms. The zero-order chi connectivity index (χ0) is 14.2. The first-order chi connectivity index (χ1) is 9.57. The Hall–Kier alpha value is -1.44. The molecule has 0 radical (unpaired) electrons. The van der Waals surface area contributed by atoms with Crippen molar-refractivity contribution in [2.75, 3.05) is 0 Å². The van der Waals surface area contributed by atoms with Crippen LogP contribution in [0, 0.1) is 17.7 Å². The normalized spacial score (nSPS) is 32.6. The second-order valence-electron chi connectivity index (χ2n) is 6.45. The molecule has 0 nitrogen and oxygen atoms in total. The smallest absolute Gasteiger partial charge is 0.123 e. The minimum Gasteiger partial charge on any atom is -0.207 e. The van der Waals surface area contributed by atoms with E-state index in [0.717, 1.165) is 25.7 Å². The van der Waals surface area contributed by atoms with Crippen molar-refractivity contribution in [1.82, 2.24) is 0 Å². The lowest BCUT2D eigenvalue weighted by Gasteiger charge is -2.49. The molecule has 0 amide bonds. The van der Waals surface area contributed by atoms with Crippen LogP contribution >= 0.6 is 0 Å². The Morgan fingerprint density at radius 3 is 2.45 bits per heavy atom. The second-order valence-corrected chi connectivity index (χ2v) is 6.45. The van der Waals surface area contributed by atoms with E-state index in [2.05, 4.69) is 6.92 Å². The third-order valence-corrected chi connectivity index (χ3v) is 4.70. The quantitative estimate of drug-likeness (QED) is 0.700. The van der Waals surface area contributed by atoms with Gasteiger partial charge in [-0.05, 0) is 72.8 Å². The van der Waals surface area contributed by atoms with E-state index in [9.17, 15) is 8.78 Å². The highest BCUT2D eigenvalue weighted by molar-refractivity contribution is 5.30. The molecule has 1 aromatic rings. The summed E-state index contributed by atoms with van der Waals surface area (Å²) >= 11 is 0. The highest BCUT2D eigenvalue weighted by Crippen LogP contribution is 2.52. The van der Waals surface area contributed by atoms with E-state index >= 15 is 0 Å². The van der Waals surface area contributed by atoms with Crippen molar-refractivity contribution in [2.24, 2.45) is 11.8 Å². The minimum absolute atomic E-state index is 0.111. The molecule has 0 saturated heterocycles. The molecular weight excluding hydrogens is 254 g/mol. The van der Waals surface area contributed by atoms with Crippen LogP contribution in [0.25, 0.3) is 0 Å². The van der Waals surface area contributed by atoms with Gasteiger partial charge in [-0.1, -0.05) is 25.1 Å². The first-order valence-corrected chi connectivity index (χ1v) is 7.37. The first-order valence-electron chi connectivity index (χ1n) is 7.37. The van der Waals surface area contributed by atoms with Gasteiger partial charge in [0.2, 0.25) is 0 Å². The fourth-order valence-electron chi connectivity index (χ4n) is 3.95. The standard InChI is InChI=1S/C18H20F2/c1-13-10-18(11-13,15-5-7-16(19)8-6-15)12-14-3-2-4-17(20)9-14/h2,4-9,13-14H,3,10-12H2,1H3. The number of hydrogen-bond acceptors (Lipinski definition) is 0. The number of benzene rings is 1. The van der Waals surface area contributed by atoms with Crippen molar-refractivity contribution in [2.45, 2.75) is 38.0 Å². The predicted octanol–water partition coefficient (Wildman–Crippen LogP) is 5.31. The van der Waals surface area contributed by atoms with Gasteiger partial charge < -0.3 is 0 Å². The first kappa shape index (κ1) is 13.5. The highest BCUT2D eigenvalue weighted by Gasteiger charge is 2.44. The van der Waals surface area contributed by atoms with Crippen LogP contribution in [0.5, 0.6) is 0 Å². The maximum Gasteiger partial charge on any atom is 0.123 e. The molecule has 1 atom stereocenters. The summed E-state index contributed by atoms with van der Waals surface area (Å²) in [5.41, 5.74) is 1.32. The third kappa shape index (κ3) is 2.56. The van der Waals surface area contributed by atoms with Crippen molar-refractivity contribution in [3.63, 3.8) is 0 Å². The number of rotatable bonds is 3. The van der Waals surface area contributed by atoms with Crippen LogP contribution in [0.2, 0.25) is 0 Å². The summed E-state index contributed by atoms with van der Waals surface area (Å²) in [6.07, 6.45) is 9.31. The predicted molar refractivity (Wildman–Crippen MR) is 77.5 cm³/mol. The summed E-state index contributed by atoms with van der Waals surface area (Å²) in [7, 11) is 0. The van der Waals surface area contributed by atoms with Gasteiger partial charge >= 0.3 is 0 Å². The van der Waals surface area contributed by atoms with Crippen molar-refractivity contribution < 1.29 is 8.78 Å². The molecule has 1 fully saturated rings. The van der Waals surface area contributed by atoms with Crippen molar-refractivity contribution in [3.8, 4) is 0 Å². The van der Waals surface area contributed by atoms with Crippen molar-refractivity contribution in [1.29, 1.82) is 0 Å². The molecule has 2 aliphatic carbocycles. The summed E-state index contributed by atoms with van der Waals surface area (Å²) in [5.74, 6) is 0.649.